The number of unbranched alkanes of at least 4 members (excludes halogenated alkanes) is 1. The molecule has 11 heteroatoms. The molecule has 47 heavy (non-hydrogen) atoms. The molecular formula is C36H53N5O6. The lowest BCUT2D eigenvalue weighted by Crippen LogP contribution is -2.51. The first-order valence-corrected chi connectivity index (χ1v) is 16.5. The van der Waals surface area contributed by atoms with Gasteiger partial charge in [-0.2, -0.15) is 0 Å². The Hall–Kier alpha value is -3.93. The molecule has 0 fully saturated rings. The van der Waals surface area contributed by atoms with Gasteiger partial charge in [-0.3, -0.25) is 24.0 Å². The van der Waals surface area contributed by atoms with Gasteiger partial charge in [0.05, 0.1) is 25.2 Å². The summed E-state index contributed by atoms with van der Waals surface area (Å²) in [6.45, 7) is 4.35. The zero-order valence-electron chi connectivity index (χ0n) is 28.0. The molecule has 5 atom stereocenters. The summed E-state index contributed by atoms with van der Waals surface area (Å²) in [7, 11) is 1.23. The summed E-state index contributed by atoms with van der Waals surface area (Å²) in [6, 6.07) is 15.2. The number of Topliss-reactive ketones (excluding diaryl/α,β-unsaturated/α-hetero) is 2. The summed E-state index contributed by atoms with van der Waals surface area (Å²) in [5.41, 5.74) is 19.5. The van der Waals surface area contributed by atoms with Crippen LogP contribution in [0.4, 0.5) is 0 Å². The van der Waals surface area contributed by atoms with Crippen molar-refractivity contribution in [2.75, 3.05) is 13.7 Å². The van der Waals surface area contributed by atoms with Crippen molar-refractivity contribution in [2.45, 2.75) is 95.8 Å². The molecule has 0 aromatic heterocycles. The molecule has 2 aromatic carbocycles. The second-order valence-corrected chi connectivity index (χ2v) is 12.5. The van der Waals surface area contributed by atoms with Crippen LogP contribution in [0.25, 0.3) is 0 Å². The second-order valence-electron chi connectivity index (χ2n) is 12.5. The highest BCUT2D eigenvalue weighted by Gasteiger charge is 2.32. The van der Waals surface area contributed by atoms with Crippen molar-refractivity contribution in [3.05, 3.63) is 71.8 Å². The first-order chi connectivity index (χ1) is 22.4. The van der Waals surface area contributed by atoms with E-state index < -0.39 is 47.9 Å². The van der Waals surface area contributed by atoms with E-state index in [4.69, 9.17) is 17.2 Å². The fraction of sp³-hybridized carbons (Fsp3) is 0.528. The minimum absolute atomic E-state index is 0.0218. The van der Waals surface area contributed by atoms with E-state index in [0.717, 1.165) is 11.1 Å². The number of carbonyl (C=O) groups excluding carboxylic acids is 5. The van der Waals surface area contributed by atoms with Gasteiger partial charge in [-0.15, -0.1) is 0 Å². The Bertz CT molecular complexity index is 1270. The Morgan fingerprint density at radius 3 is 1.85 bits per heavy atom. The van der Waals surface area contributed by atoms with Crippen LogP contribution in [0.2, 0.25) is 0 Å². The predicted molar refractivity (Wildman–Crippen MR) is 182 cm³/mol. The number of ketones is 2. The SMILES string of the molecule is COC(=O)[C@@H](N)CCC(=O)[C@@H](CCCCN)NC(=O)[C@H](CC(=O)[C@@H](Cc1ccccc1)NC(=O)[C@H](N)Cc1ccccc1)CC(C)C. The summed E-state index contributed by atoms with van der Waals surface area (Å²) in [5, 5.41) is 5.74. The van der Waals surface area contributed by atoms with Crippen molar-refractivity contribution in [1.29, 1.82) is 0 Å². The van der Waals surface area contributed by atoms with Crippen LogP contribution < -0.4 is 27.8 Å². The minimum Gasteiger partial charge on any atom is -0.468 e. The van der Waals surface area contributed by atoms with E-state index in [-0.39, 0.29) is 43.2 Å². The Morgan fingerprint density at radius 2 is 1.30 bits per heavy atom. The summed E-state index contributed by atoms with van der Waals surface area (Å²) in [5.74, 6) is -2.71. The molecule has 258 valence electrons. The van der Waals surface area contributed by atoms with E-state index in [0.29, 0.717) is 38.6 Å². The number of carbonyl (C=O) groups is 5. The van der Waals surface area contributed by atoms with Crippen LogP contribution in [0.1, 0.15) is 69.9 Å². The Labute approximate surface area is 278 Å². The molecular weight excluding hydrogens is 598 g/mol. The molecule has 0 aliphatic carbocycles. The maximum atomic E-state index is 13.9. The molecule has 0 spiro atoms. The third-order valence-corrected chi connectivity index (χ3v) is 8.06. The lowest BCUT2D eigenvalue weighted by Gasteiger charge is -2.26. The smallest absolute Gasteiger partial charge is 0.322 e. The van der Waals surface area contributed by atoms with Crippen LogP contribution in [-0.2, 0) is 41.6 Å². The van der Waals surface area contributed by atoms with Crippen molar-refractivity contribution in [3.8, 4) is 0 Å². The van der Waals surface area contributed by atoms with Gasteiger partial charge in [-0.05, 0) is 68.5 Å². The number of hydrogen-bond acceptors (Lipinski definition) is 9. The van der Waals surface area contributed by atoms with Gasteiger partial charge in [0, 0.05) is 18.8 Å². The first-order valence-electron chi connectivity index (χ1n) is 16.5. The third-order valence-electron chi connectivity index (χ3n) is 8.06. The van der Waals surface area contributed by atoms with Crippen molar-refractivity contribution in [3.63, 3.8) is 0 Å². The molecule has 0 bridgehead atoms. The second kappa shape index (κ2) is 21.0. The summed E-state index contributed by atoms with van der Waals surface area (Å²) < 4.78 is 4.65. The Kier molecular flexibility index (Phi) is 17.6. The van der Waals surface area contributed by atoms with Crippen LogP contribution in [0, 0.1) is 11.8 Å². The molecule has 2 rings (SSSR count). The normalized spacial score (nSPS) is 14.4. The summed E-state index contributed by atoms with van der Waals surface area (Å²) in [6.07, 6.45) is 2.51. The number of rotatable bonds is 22. The molecule has 0 aliphatic rings. The Balaban J connectivity index is 2.22. The van der Waals surface area contributed by atoms with Gasteiger partial charge in [-0.1, -0.05) is 74.5 Å². The molecule has 0 saturated heterocycles. The van der Waals surface area contributed by atoms with E-state index in [9.17, 15) is 24.0 Å². The number of methoxy groups -OCH3 is 1. The van der Waals surface area contributed by atoms with Crippen molar-refractivity contribution in [2.24, 2.45) is 29.0 Å². The highest BCUT2D eigenvalue weighted by Crippen LogP contribution is 2.20. The molecule has 0 unspecified atom stereocenters. The Morgan fingerprint density at radius 1 is 0.723 bits per heavy atom. The van der Waals surface area contributed by atoms with E-state index in [1.807, 2.05) is 74.5 Å². The van der Waals surface area contributed by atoms with E-state index in [1.165, 1.54) is 7.11 Å². The monoisotopic (exact) mass is 651 g/mol. The predicted octanol–water partition coefficient (Wildman–Crippen LogP) is 2.37. The fourth-order valence-corrected chi connectivity index (χ4v) is 5.41. The first kappa shape index (κ1) is 39.2. The van der Waals surface area contributed by atoms with E-state index >= 15 is 0 Å². The zero-order chi connectivity index (χ0) is 34.8. The number of nitrogens with one attached hydrogen (secondary N) is 2. The number of esters is 1. The molecule has 11 nitrogen and oxygen atoms in total. The number of hydrogen-bond donors (Lipinski definition) is 5. The maximum Gasteiger partial charge on any atom is 0.322 e. The molecule has 8 N–H and O–H groups in total. The van der Waals surface area contributed by atoms with Crippen LogP contribution in [0.15, 0.2) is 60.7 Å². The van der Waals surface area contributed by atoms with Crippen LogP contribution in [-0.4, -0.2) is 67.2 Å². The lowest BCUT2D eigenvalue weighted by molar-refractivity contribution is -0.142. The van der Waals surface area contributed by atoms with Gasteiger partial charge < -0.3 is 32.6 Å². The van der Waals surface area contributed by atoms with Crippen molar-refractivity contribution in [1.82, 2.24) is 10.6 Å². The summed E-state index contributed by atoms with van der Waals surface area (Å²) >= 11 is 0. The van der Waals surface area contributed by atoms with Crippen molar-refractivity contribution >= 4 is 29.4 Å². The molecule has 0 aliphatic heterocycles. The van der Waals surface area contributed by atoms with Gasteiger partial charge in [0.25, 0.3) is 0 Å². The maximum absolute atomic E-state index is 13.9. The standard InChI is InChI=1S/C36H53N5O6/c1-24(2)20-27(34(44)40-30(16-10-11-19-37)32(42)18-17-28(38)36(46)47-3)23-33(43)31(22-26-14-8-5-9-15-26)41-35(45)29(39)21-25-12-6-4-7-13-25/h4-9,12-15,24,27-31H,10-11,16-23,37-39H2,1-3H3,(H,40,44)(H,41,45)/t27-,28-,29+,30+,31+/m0/s1. The number of nitrogens with two attached hydrogens (primary N) is 3. The van der Waals surface area contributed by atoms with Gasteiger partial charge in [0.1, 0.15) is 6.04 Å². The highest BCUT2D eigenvalue weighted by molar-refractivity contribution is 5.95. The van der Waals surface area contributed by atoms with Crippen LogP contribution in [0.3, 0.4) is 0 Å². The van der Waals surface area contributed by atoms with Gasteiger partial charge in [0.15, 0.2) is 11.6 Å². The van der Waals surface area contributed by atoms with E-state index in [1.54, 1.807) is 0 Å². The number of benzene rings is 2. The van der Waals surface area contributed by atoms with Crippen LogP contribution in [0.5, 0.6) is 0 Å². The average molecular weight is 652 g/mol. The molecule has 0 heterocycles. The number of ether oxygens (including phenoxy) is 1. The number of amides is 2. The van der Waals surface area contributed by atoms with Gasteiger partial charge in [-0.25, -0.2) is 0 Å². The highest BCUT2D eigenvalue weighted by atomic mass is 16.5. The van der Waals surface area contributed by atoms with Gasteiger partial charge in [0.2, 0.25) is 11.8 Å². The van der Waals surface area contributed by atoms with Crippen molar-refractivity contribution < 1.29 is 28.7 Å². The molecule has 0 radical (unpaired) electrons. The lowest BCUT2D eigenvalue weighted by atomic mass is 9.87. The average Bonchev–Trinajstić information content (AvgIpc) is 3.06. The third kappa shape index (κ3) is 14.6. The van der Waals surface area contributed by atoms with Crippen LogP contribution >= 0.6 is 0 Å². The molecule has 2 aromatic rings. The zero-order valence-corrected chi connectivity index (χ0v) is 28.0. The van der Waals surface area contributed by atoms with E-state index in [2.05, 4.69) is 15.4 Å². The summed E-state index contributed by atoms with van der Waals surface area (Å²) in [4.78, 5) is 65.8. The van der Waals surface area contributed by atoms with Gasteiger partial charge >= 0.3 is 5.97 Å². The quantitative estimate of drug-likeness (QED) is 0.0938. The fourth-order valence-electron chi connectivity index (χ4n) is 5.41. The largest absolute Gasteiger partial charge is 0.468 e. The topological polar surface area (TPSA) is 197 Å². The minimum atomic E-state index is -0.951. The molecule has 0 saturated carbocycles. The molecule has 2 amide bonds.